The number of thiazole rings is 1. The number of carbonyl (C=O) groups excluding carboxylic acids is 2. The smallest absolute Gasteiger partial charge is 0.271 e. The SMILES string of the molecule is CC(C)C(NC(=O)c1csc(-c2ccccc2)n1)C(=O)N1CCC(c2ccc(Cl)cc2)CC1. The first-order valence-electron chi connectivity index (χ1n) is 11.3. The van der Waals surface area contributed by atoms with Crippen molar-refractivity contribution in [1.82, 2.24) is 15.2 Å². The van der Waals surface area contributed by atoms with Gasteiger partial charge in [0.25, 0.3) is 5.91 Å². The molecule has 2 heterocycles. The van der Waals surface area contributed by atoms with Crippen LogP contribution in [0.5, 0.6) is 0 Å². The molecule has 33 heavy (non-hydrogen) atoms. The zero-order chi connectivity index (χ0) is 23.4. The van der Waals surface area contributed by atoms with E-state index in [1.54, 1.807) is 5.38 Å². The standard InChI is InChI=1S/C26H28ClN3O2S/c1-17(2)23(29-24(31)22-16-33-25(28-22)20-6-4-3-5-7-20)26(32)30-14-12-19(13-15-30)18-8-10-21(27)11-9-18/h3-11,16-17,19,23H,12-15H2,1-2H3,(H,29,31). The number of nitrogens with zero attached hydrogens (tertiary/aromatic N) is 2. The van der Waals surface area contributed by atoms with Gasteiger partial charge in [-0.2, -0.15) is 0 Å². The molecule has 0 spiro atoms. The van der Waals surface area contributed by atoms with Gasteiger partial charge in [-0.15, -0.1) is 11.3 Å². The summed E-state index contributed by atoms with van der Waals surface area (Å²) in [6.07, 6.45) is 1.80. The summed E-state index contributed by atoms with van der Waals surface area (Å²) in [6.45, 7) is 5.28. The molecular formula is C26H28ClN3O2S. The minimum absolute atomic E-state index is 0.0218. The highest BCUT2D eigenvalue weighted by atomic mass is 35.5. The van der Waals surface area contributed by atoms with Crippen molar-refractivity contribution in [2.24, 2.45) is 5.92 Å². The lowest BCUT2D eigenvalue weighted by atomic mass is 9.89. The lowest BCUT2D eigenvalue weighted by Crippen LogP contribution is -2.52. The second-order valence-electron chi connectivity index (χ2n) is 8.75. The Balaban J connectivity index is 1.38. The van der Waals surface area contributed by atoms with Gasteiger partial charge in [0.2, 0.25) is 5.91 Å². The van der Waals surface area contributed by atoms with Crippen molar-refractivity contribution >= 4 is 34.8 Å². The molecule has 1 aliphatic heterocycles. The van der Waals surface area contributed by atoms with E-state index in [9.17, 15) is 9.59 Å². The average Bonchev–Trinajstić information content (AvgIpc) is 3.34. The van der Waals surface area contributed by atoms with Crippen molar-refractivity contribution in [2.75, 3.05) is 13.1 Å². The third-order valence-corrected chi connectivity index (χ3v) is 7.27. The van der Waals surface area contributed by atoms with E-state index < -0.39 is 6.04 Å². The molecule has 1 atom stereocenters. The minimum atomic E-state index is -0.577. The van der Waals surface area contributed by atoms with Gasteiger partial charge in [-0.25, -0.2) is 4.98 Å². The van der Waals surface area contributed by atoms with Crippen LogP contribution in [0.1, 0.15) is 48.7 Å². The molecule has 0 saturated carbocycles. The fourth-order valence-corrected chi connectivity index (χ4v) is 5.12. The van der Waals surface area contributed by atoms with Gasteiger partial charge in [-0.1, -0.05) is 67.9 Å². The van der Waals surface area contributed by atoms with Crippen molar-refractivity contribution in [2.45, 2.75) is 38.6 Å². The monoisotopic (exact) mass is 481 g/mol. The molecule has 2 amide bonds. The lowest BCUT2D eigenvalue weighted by Gasteiger charge is -2.35. The van der Waals surface area contributed by atoms with E-state index >= 15 is 0 Å². The third-order valence-electron chi connectivity index (χ3n) is 6.12. The van der Waals surface area contributed by atoms with Crippen LogP contribution in [0.3, 0.4) is 0 Å². The van der Waals surface area contributed by atoms with Gasteiger partial charge in [0.05, 0.1) is 0 Å². The molecule has 0 radical (unpaired) electrons. The number of likely N-dealkylation sites (tertiary alicyclic amines) is 1. The number of aromatic nitrogens is 1. The Morgan fingerprint density at radius 2 is 1.73 bits per heavy atom. The zero-order valence-corrected chi connectivity index (χ0v) is 20.4. The highest BCUT2D eigenvalue weighted by Gasteiger charge is 2.32. The lowest BCUT2D eigenvalue weighted by molar-refractivity contribution is -0.135. The summed E-state index contributed by atoms with van der Waals surface area (Å²) in [5, 5.41) is 6.21. The molecule has 1 aliphatic rings. The van der Waals surface area contributed by atoms with Crippen LogP contribution in [0.25, 0.3) is 10.6 Å². The first-order valence-corrected chi connectivity index (χ1v) is 12.5. The number of amides is 2. The quantitative estimate of drug-likeness (QED) is 0.496. The van der Waals surface area contributed by atoms with Crippen LogP contribution >= 0.6 is 22.9 Å². The normalized spacial score (nSPS) is 15.5. The Labute approximate surface area is 203 Å². The molecule has 0 bridgehead atoms. The summed E-state index contributed by atoms with van der Waals surface area (Å²) in [6, 6.07) is 17.2. The number of halogens is 1. The van der Waals surface area contributed by atoms with Gasteiger partial charge in [0.15, 0.2) is 0 Å². The molecule has 1 aromatic heterocycles. The zero-order valence-electron chi connectivity index (χ0n) is 18.8. The van der Waals surface area contributed by atoms with Crippen molar-refractivity contribution in [3.8, 4) is 10.6 Å². The topological polar surface area (TPSA) is 62.3 Å². The molecule has 1 N–H and O–H groups in total. The number of carbonyl (C=O) groups is 2. The number of nitrogens with one attached hydrogen (secondary N) is 1. The van der Waals surface area contributed by atoms with Crippen LogP contribution in [0, 0.1) is 5.92 Å². The molecule has 172 valence electrons. The van der Waals surface area contributed by atoms with Crippen molar-refractivity contribution in [1.29, 1.82) is 0 Å². The second kappa shape index (κ2) is 10.5. The van der Waals surface area contributed by atoms with E-state index in [1.165, 1.54) is 16.9 Å². The first-order chi connectivity index (χ1) is 15.9. The molecule has 4 rings (SSSR count). The van der Waals surface area contributed by atoms with Gasteiger partial charge < -0.3 is 10.2 Å². The molecule has 5 nitrogen and oxygen atoms in total. The van der Waals surface area contributed by atoms with Crippen molar-refractivity contribution in [3.05, 3.63) is 76.3 Å². The molecule has 1 unspecified atom stereocenters. The average molecular weight is 482 g/mol. The Morgan fingerprint density at radius 3 is 2.36 bits per heavy atom. The van der Waals surface area contributed by atoms with Crippen LogP contribution in [0.2, 0.25) is 5.02 Å². The largest absolute Gasteiger partial charge is 0.341 e. The number of hydrogen-bond acceptors (Lipinski definition) is 4. The van der Waals surface area contributed by atoms with E-state index in [1.807, 2.05) is 61.2 Å². The van der Waals surface area contributed by atoms with Gasteiger partial charge in [0.1, 0.15) is 16.7 Å². The summed E-state index contributed by atoms with van der Waals surface area (Å²) >= 11 is 7.43. The fraction of sp³-hybridized carbons (Fsp3) is 0.346. The van der Waals surface area contributed by atoms with Crippen LogP contribution in [-0.4, -0.2) is 40.8 Å². The number of piperidine rings is 1. The van der Waals surface area contributed by atoms with E-state index in [4.69, 9.17) is 11.6 Å². The maximum atomic E-state index is 13.3. The predicted octanol–water partition coefficient (Wildman–Crippen LogP) is 5.62. The van der Waals surface area contributed by atoms with Crippen molar-refractivity contribution < 1.29 is 9.59 Å². The summed E-state index contributed by atoms with van der Waals surface area (Å²) in [4.78, 5) is 32.6. The minimum Gasteiger partial charge on any atom is -0.341 e. The summed E-state index contributed by atoms with van der Waals surface area (Å²) < 4.78 is 0. The van der Waals surface area contributed by atoms with Gasteiger partial charge in [0, 0.05) is 29.1 Å². The molecule has 1 fully saturated rings. The number of benzene rings is 2. The van der Waals surface area contributed by atoms with E-state index in [-0.39, 0.29) is 17.7 Å². The Morgan fingerprint density at radius 1 is 1.06 bits per heavy atom. The van der Waals surface area contributed by atoms with E-state index in [0.29, 0.717) is 24.7 Å². The predicted molar refractivity (Wildman–Crippen MR) is 134 cm³/mol. The summed E-state index contributed by atoms with van der Waals surface area (Å²) in [5.74, 6) is 0.0652. The third kappa shape index (κ3) is 5.63. The summed E-state index contributed by atoms with van der Waals surface area (Å²) in [7, 11) is 0. The number of hydrogen-bond donors (Lipinski definition) is 1. The second-order valence-corrected chi connectivity index (χ2v) is 10.0. The molecule has 1 saturated heterocycles. The van der Waals surface area contributed by atoms with Gasteiger partial charge in [-0.3, -0.25) is 9.59 Å². The maximum absolute atomic E-state index is 13.3. The van der Waals surface area contributed by atoms with Crippen LogP contribution in [0.4, 0.5) is 0 Å². The van der Waals surface area contributed by atoms with Crippen molar-refractivity contribution in [3.63, 3.8) is 0 Å². The van der Waals surface area contributed by atoms with Crippen LogP contribution in [-0.2, 0) is 4.79 Å². The molecular weight excluding hydrogens is 454 g/mol. The molecule has 2 aromatic carbocycles. The van der Waals surface area contributed by atoms with Crippen LogP contribution in [0.15, 0.2) is 60.0 Å². The van der Waals surface area contributed by atoms with Crippen LogP contribution < -0.4 is 5.32 Å². The van der Waals surface area contributed by atoms with E-state index in [0.717, 1.165) is 28.4 Å². The van der Waals surface area contributed by atoms with Gasteiger partial charge >= 0.3 is 0 Å². The fourth-order valence-electron chi connectivity index (χ4n) is 4.18. The Bertz CT molecular complexity index is 1090. The Hall–Kier alpha value is -2.70. The molecule has 3 aromatic rings. The number of rotatable bonds is 6. The molecule has 0 aliphatic carbocycles. The van der Waals surface area contributed by atoms with E-state index in [2.05, 4.69) is 22.4 Å². The molecule has 7 heteroatoms. The van der Waals surface area contributed by atoms with Gasteiger partial charge in [-0.05, 0) is 42.4 Å². The summed E-state index contributed by atoms with van der Waals surface area (Å²) in [5.41, 5.74) is 2.58. The Kier molecular flexibility index (Phi) is 7.46. The maximum Gasteiger partial charge on any atom is 0.271 e. The highest BCUT2D eigenvalue weighted by molar-refractivity contribution is 7.13. The first kappa shape index (κ1) is 23.5. The highest BCUT2D eigenvalue weighted by Crippen LogP contribution is 2.29.